The minimum Gasteiger partial charge on any atom is -0.479 e. The molecule has 2 aliphatic heterocycles. The van der Waals surface area contributed by atoms with E-state index in [1.807, 2.05) is 30.3 Å². The molecule has 1 saturated heterocycles. The normalized spacial score (nSPS) is 18.6. The number of carbonyl (C=O) groups excluding carboxylic acids is 2. The monoisotopic (exact) mass is 407 g/mol. The van der Waals surface area contributed by atoms with Crippen LogP contribution in [0.2, 0.25) is 0 Å². The fourth-order valence-electron chi connectivity index (χ4n) is 4.21. The summed E-state index contributed by atoms with van der Waals surface area (Å²) in [6, 6.07) is 15.7. The number of anilines is 2. The number of nitrogens with zero attached hydrogens (tertiary/aromatic N) is 3. The van der Waals surface area contributed by atoms with Crippen LogP contribution in [0.25, 0.3) is 0 Å². The average molecular weight is 408 g/mol. The maximum absolute atomic E-state index is 13.0. The lowest BCUT2D eigenvalue weighted by Crippen LogP contribution is -2.49. The molecule has 1 atom stereocenters. The first kappa shape index (κ1) is 20.3. The van der Waals surface area contributed by atoms with E-state index >= 15 is 0 Å². The van der Waals surface area contributed by atoms with Crippen molar-refractivity contribution >= 4 is 23.2 Å². The van der Waals surface area contributed by atoms with E-state index in [0.717, 1.165) is 18.7 Å². The van der Waals surface area contributed by atoms with Crippen LogP contribution in [-0.4, -0.2) is 49.5 Å². The molecule has 2 aromatic rings. The van der Waals surface area contributed by atoms with Crippen molar-refractivity contribution in [3.05, 3.63) is 54.1 Å². The Balaban J connectivity index is 1.48. The van der Waals surface area contributed by atoms with Crippen LogP contribution in [-0.2, 0) is 16.1 Å². The number of rotatable bonds is 5. The second kappa shape index (κ2) is 8.78. The van der Waals surface area contributed by atoms with Gasteiger partial charge in [0.15, 0.2) is 6.10 Å². The van der Waals surface area contributed by atoms with E-state index in [-0.39, 0.29) is 18.4 Å². The summed E-state index contributed by atoms with van der Waals surface area (Å²) in [6.07, 6.45) is 3.10. The minimum absolute atomic E-state index is 0.00588. The number of ether oxygens (including phenoxy) is 1. The lowest BCUT2D eigenvalue weighted by molar-refractivity contribution is -0.132. The van der Waals surface area contributed by atoms with Gasteiger partial charge < -0.3 is 14.5 Å². The largest absolute Gasteiger partial charge is 0.479 e. The molecule has 1 unspecified atom stereocenters. The van der Waals surface area contributed by atoms with Gasteiger partial charge in [0.25, 0.3) is 5.91 Å². The molecule has 158 valence electrons. The molecule has 6 heteroatoms. The number of fused-ring (bicyclic) bond motifs is 1. The first-order valence-corrected chi connectivity index (χ1v) is 10.7. The zero-order valence-corrected chi connectivity index (χ0v) is 17.7. The molecule has 4 rings (SSSR count). The third-order valence-electron chi connectivity index (χ3n) is 5.89. The third-order valence-corrected chi connectivity index (χ3v) is 5.89. The van der Waals surface area contributed by atoms with Crippen LogP contribution in [0.1, 0.15) is 31.7 Å². The smallest absolute Gasteiger partial charge is 0.268 e. The highest BCUT2D eigenvalue weighted by molar-refractivity contribution is 6.03. The lowest BCUT2D eigenvalue weighted by Gasteiger charge is -2.34. The topological polar surface area (TPSA) is 53.1 Å². The van der Waals surface area contributed by atoms with E-state index in [1.165, 1.54) is 24.9 Å². The number of amides is 2. The van der Waals surface area contributed by atoms with Gasteiger partial charge in [-0.3, -0.25) is 14.5 Å². The van der Waals surface area contributed by atoms with Gasteiger partial charge in [-0.05, 0) is 49.9 Å². The summed E-state index contributed by atoms with van der Waals surface area (Å²) < 4.78 is 5.67. The Kier molecular flexibility index (Phi) is 5.93. The standard InChI is InChI=1S/C24H29N3O3/c1-18-24(29)27(21-12-6-7-13-22(21)30-18)17-23(28)25(2)16-19-10-4-5-11-20(19)26-14-8-3-9-15-26/h4-7,10-13,18H,3,8-9,14-17H2,1-2H3. The number of hydrogen-bond donors (Lipinski definition) is 0. The van der Waals surface area contributed by atoms with E-state index in [0.29, 0.717) is 18.0 Å². The van der Waals surface area contributed by atoms with Crippen molar-refractivity contribution in [1.82, 2.24) is 4.90 Å². The van der Waals surface area contributed by atoms with Crippen LogP contribution in [0.4, 0.5) is 11.4 Å². The van der Waals surface area contributed by atoms with Crippen molar-refractivity contribution in [3.63, 3.8) is 0 Å². The molecule has 30 heavy (non-hydrogen) atoms. The number of benzene rings is 2. The Morgan fingerprint density at radius 3 is 2.47 bits per heavy atom. The number of para-hydroxylation sites is 3. The average Bonchev–Trinajstić information content (AvgIpc) is 2.77. The van der Waals surface area contributed by atoms with Crippen molar-refractivity contribution in [2.75, 3.05) is 36.5 Å². The van der Waals surface area contributed by atoms with E-state index < -0.39 is 6.10 Å². The van der Waals surface area contributed by atoms with Gasteiger partial charge >= 0.3 is 0 Å². The van der Waals surface area contributed by atoms with Crippen molar-refractivity contribution in [2.45, 2.75) is 38.8 Å². The maximum atomic E-state index is 13.0. The van der Waals surface area contributed by atoms with Crippen LogP contribution in [0, 0.1) is 0 Å². The van der Waals surface area contributed by atoms with Gasteiger partial charge in [-0.1, -0.05) is 30.3 Å². The SMILES string of the molecule is CC1Oc2ccccc2N(CC(=O)N(C)Cc2ccccc2N2CCCCC2)C1=O. The number of hydrogen-bond acceptors (Lipinski definition) is 4. The first-order valence-electron chi connectivity index (χ1n) is 10.7. The van der Waals surface area contributed by atoms with Gasteiger partial charge in [-0.2, -0.15) is 0 Å². The Morgan fingerprint density at radius 2 is 1.70 bits per heavy atom. The van der Waals surface area contributed by atoms with Gasteiger partial charge in [0.05, 0.1) is 5.69 Å². The maximum Gasteiger partial charge on any atom is 0.268 e. The lowest BCUT2D eigenvalue weighted by atomic mass is 10.1. The number of piperidine rings is 1. The molecule has 0 saturated carbocycles. The van der Waals surface area contributed by atoms with Gasteiger partial charge in [0.2, 0.25) is 5.91 Å². The summed E-state index contributed by atoms with van der Waals surface area (Å²) in [4.78, 5) is 31.4. The molecule has 6 nitrogen and oxygen atoms in total. The first-order chi connectivity index (χ1) is 14.5. The molecule has 0 bridgehead atoms. The Morgan fingerprint density at radius 1 is 1.03 bits per heavy atom. The summed E-state index contributed by atoms with van der Waals surface area (Å²) in [5.74, 6) is 0.348. The molecule has 2 aromatic carbocycles. The third kappa shape index (κ3) is 4.13. The highest BCUT2D eigenvalue weighted by Crippen LogP contribution is 2.33. The summed E-state index contributed by atoms with van der Waals surface area (Å²) >= 11 is 0. The minimum atomic E-state index is -0.599. The van der Waals surface area contributed by atoms with Crippen LogP contribution in [0.3, 0.4) is 0 Å². The molecule has 0 aliphatic carbocycles. The number of likely N-dealkylation sites (N-methyl/N-ethyl adjacent to an activating group) is 1. The highest BCUT2D eigenvalue weighted by atomic mass is 16.5. The number of carbonyl (C=O) groups is 2. The van der Waals surface area contributed by atoms with Crippen molar-refractivity contribution in [1.29, 1.82) is 0 Å². The predicted molar refractivity (Wildman–Crippen MR) is 118 cm³/mol. The van der Waals surface area contributed by atoms with Gasteiger partial charge in [0.1, 0.15) is 12.3 Å². The van der Waals surface area contributed by atoms with E-state index in [9.17, 15) is 9.59 Å². The van der Waals surface area contributed by atoms with Crippen LogP contribution in [0.5, 0.6) is 5.75 Å². The molecular weight excluding hydrogens is 378 g/mol. The van der Waals surface area contributed by atoms with Gasteiger partial charge in [-0.25, -0.2) is 0 Å². The van der Waals surface area contributed by atoms with Crippen LogP contribution >= 0.6 is 0 Å². The summed E-state index contributed by atoms with van der Waals surface area (Å²) in [7, 11) is 1.80. The second-order valence-electron chi connectivity index (χ2n) is 8.08. The second-order valence-corrected chi connectivity index (χ2v) is 8.08. The van der Waals surface area contributed by atoms with Crippen molar-refractivity contribution < 1.29 is 14.3 Å². The molecular formula is C24H29N3O3. The Labute approximate surface area is 178 Å². The van der Waals surface area contributed by atoms with Gasteiger partial charge in [0, 0.05) is 32.4 Å². The van der Waals surface area contributed by atoms with Crippen molar-refractivity contribution in [3.8, 4) is 5.75 Å². The van der Waals surface area contributed by atoms with Crippen LogP contribution < -0.4 is 14.5 Å². The van der Waals surface area contributed by atoms with Crippen molar-refractivity contribution in [2.24, 2.45) is 0 Å². The van der Waals surface area contributed by atoms with E-state index in [4.69, 9.17) is 4.74 Å². The highest BCUT2D eigenvalue weighted by Gasteiger charge is 2.33. The van der Waals surface area contributed by atoms with Crippen LogP contribution in [0.15, 0.2) is 48.5 Å². The quantitative estimate of drug-likeness (QED) is 0.762. The molecule has 2 heterocycles. The molecule has 2 amide bonds. The molecule has 0 N–H and O–H groups in total. The zero-order valence-electron chi connectivity index (χ0n) is 17.7. The predicted octanol–water partition coefficient (Wildman–Crippen LogP) is 3.45. The molecule has 0 spiro atoms. The fourth-order valence-corrected chi connectivity index (χ4v) is 4.21. The Bertz CT molecular complexity index is 923. The summed E-state index contributed by atoms with van der Waals surface area (Å²) in [5.41, 5.74) is 2.99. The summed E-state index contributed by atoms with van der Waals surface area (Å²) in [6.45, 7) is 4.36. The molecule has 1 fully saturated rings. The Hall–Kier alpha value is -3.02. The van der Waals surface area contributed by atoms with Gasteiger partial charge in [-0.15, -0.1) is 0 Å². The molecule has 0 aromatic heterocycles. The summed E-state index contributed by atoms with van der Waals surface area (Å²) in [5, 5.41) is 0. The molecule has 2 aliphatic rings. The zero-order chi connectivity index (χ0) is 21.1. The van der Waals surface area contributed by atoms with E-state index in [2.05, 4.69) is 23.1 Å². The molecule has 0 radical (unpaired) electrons. The van der Waals surface area contributed by atoms with E-state index in [1.54, 1.807) is 23.8 Å². The fraction of sp³-hybridized carbons (Fsp3) is 0.417.